The summed E-state index contributed by atoms with van der Waals surface area (Å²) in [6, 6.07) is 13.2. The lowest BCUT2D eigenvalue weighted by atomic mass is 9.94. The molecule has 1 aromatic carbocycles. The van der Waals surface area contributed by atoms with Gasteiger partial charge in [0, 0.05) is 36.9 Å². The Bertz CT molecular complexity index is 1240. The number of benzene rings is 1. The molecule has 1 aliphatic heterocycles. The Morgan fingerprint density at radius 2 is 1.74 bits per heavy atom. The second-order valence-corrected chi connectivity index (χ2v) is 9.53. The number of aromatic nitrogens is 3. The van der Waals surface area contributed by atoms with Crippen molar-refractivity contribution in [2.24, 2.45) is 5.92 Å². The number of unbranched alkanes of at least 4 members (excludes halogenated alkanes) is 1. The van der Waals surface area contributed by atoms with Crippen LogP contribution in [0.4, 0.5) is 13.2 Å². The average Bonchev–Trinajstić information content (AvgIpc) is 3.38. The third-order valence-electron chi connectivity index (χ3n) is 7.15. The molecule has 0 N–H and O–H groups in total. The normalized spacial score (nSPS) is 22.1. The number of hydrogen-bond acceptors (Lipinski definition) is 4. The van der Waals surface area contributed by atoms with Crippen LogP contribution in [0.15, 0.2) is 59.5 Å². The fraction of sp³-hybridized carbons (Fsp3) is 0.423. The highest BCUT2D eigenvalue weighted by atomic mass is 19.4. The van der Waals surface area contributed by atoms with Crippen molar-refractivity contribution >= 4 is 0 Å². The Balaban J connectivity index is 1.12. The molecule has 8 heteroatoms. The first-order valence-corrected chi connectivity index (χ1v) is 11.7. The molecule has 0 amide bonds. The summed E-state index contributed by atoms with van der Waals surface area (Å²) in [5.74, 6) is 0.527. The number of halogens is 3. The molecule has 2 aromatic heterocycles. The van der Waals surface area contributed by atoms with Crippen molar-refractivity contribution in [3.05, 3.63) is 82.0 Å². The van der Waals surface area contributed by atoms with Gasteiger partial charge in [-0.15, -0.1) is 0 Å². The fourth-order valence-electron chi connectivity index (χ4n) is 5.24. The van der Waals surface area contributed by atoms with Crippen LogP contribution in [-0.2, 0) is 18.1 Å². The van der Waals surface area contributed by atoms with Gasteiger partial charge in [0.1, 0.15) is 0 Å². The van der Waals surface area contributed by atoms with E-state index >= 15 is 0 Å². The SMILES string of the molecule is Cc1cccc(-c2ccn(CCCCN3C[C@@H]4C[C@]4(c4ccc(C(F)(F)F)cc4)C3)c(=O)n2)n1. The second-order valence-electron chi connectivity index (χ2n) is 9.53. The number of likely N-dealkylation sites (tertiary alicyclic amines) is 1. The molecule has 2 fully saturated rings. The van der Waals surface area contributed by atoms with E-state index in [2.05, 4.69) is 14.9 Å². The summed E-state index contributed by atoms with van der Waals surface area (Å²) >= 11 is 0. The second kappa shape index (κ2) is 8.65. The molecule has 34 heavy (non-hydrogen) atoms. The van der Waals surface area contributed by atoms with Gasteiger partial charge in [-0.05, 0) is 74.5 Å². The largest absolute Gasteiger partial charge is 0.416 e. The summed E-state index contributed by atoms with van der Waals surface area (Å²) in [6.45, 7) is 5.31. The van der Waals surface area contributed by atoms with Gasteiger partial charge in [0.05, 0.1) is 17.0 Å². The van der Waals surface area contributed by atoms with Gasteiger partial charge < -0.3 is 4.90 Å². The molecule has 5 rings (SSSR count). The maximum Gasteiger partial charge on any atom is 0.416 e. The number of pyridine rings is 1. The molecular weight excluding hydrogens is 441 g/mol. The highest BCUT2D eigenvalue weighted by molar-refractivity contribution is 5.53. The molecule has 0 bridgehead atoms. The molecule has 3 heterocycles. The standard InChI is InChI=1S/C26H27F3N4O/c1-18-5-4-6-22(30-18)23-11-14-33(24(34)31-23)13-3-2-12-32-16-21-15-25(21,17-32)19-7-9-20(10-8-19)26(27,28)29/h4-11,14,21H,2-3,12-13,15-17H2,1H3/t21-,25+/m0/s1. The van der Waals surface area contributed by atoms with Gasteiger partial charge in [0.25, 0.3) is 0 Å². The molecule has 2 atom stereocenters. The lowest BCUT2D eigenvalue weighted by molar-refractivity contribution is -0.137. The van der Waals surface area contributed by atoms with E-state index in [1.807, 2.05) is 31.2 Å². The van der Waals surface area contributed by atoms with Crippen LogP contribution in [0.25, 0.3) is 11.4 Å². The van der Waals surface area contributed by atoms with E-state index in [0.29, 0.717) is 23.9 Å². The third-order valence-corrected chi connectivity index (χ3v) is 7.15. The summed E-state index contributed by atoms with van der Waals surface area (Å²) in [5.41, 5.74) is 2.33. The Morgan fingerprint density at radius 1 is 1.00 bits per heavy atom. The van der Waals surface area contributed by atoms with Crippen molar-refractivity contribution in [3.63, 3.8) is 0 Å². The maximum absolute atomic E-state index is 12.9. The highest BCUT2D eigenvalue weighted by Gasteiger charge is 2.60. The van der Waals surface area contributed by atoms with Gasteiger partial charge >= 0.3 is 11.9 Å². The Hall–Kier alpha value is -3.00. The molecule has 0 unspecified atom stereocenters. The van der Waals surface area contributed by atoms with Crippen molar-refractivity contribution in [3.8, 4) is 11.4 Å². The van der Waals surface area contributed by atoms with Gasteiger partial charge in [-0.2, -0.15) is 18.2 Å². The molecule has 1 saturated heterocycles. The summed E-state index contributed by atoms with van der Waals surface area (Å²) in [4.78, 5) is 23.4. The van der Waals surface area contributed by atoms with Crippen LogP contribution in [0.5, 0.6) is 0 Å². The molecule has 1 aliphatic carbocycles. The van der Waals surface area contributed by atoms with Crippen LogP contribution in [0.2, 0.25) is 0 Å². The van der Waals surface area contributed by atoms with E-state index in [1.165, 1.54) is 12.1 Å². The lowest BCUT2D eigenvalue weighted by Gasteiger charge is -2.21. The molecular formula is C26H27F3N4O. The van der Waals surface area contributed by atoms with Gasteiger partial charge in [0.2, 0.25) is 0 Å². The quantitative estimate of drug-likeness (QED) is 0.473. The monoisotopic (exact) mass is 468 g/mol. The minimum absolute atomic E-state index is 0.0185. The summed E-state index contributed by atoms with van der Waals surface area (Å²) in [5, 5.41) is 0. The first kappa shape index (κ1) is 22.8. The molecule has 3 aromatic rings. The smallest absolute Gasteiger partial charge is 0.302 e. The number of alkyl halides is 3. The zero-order valence-corrected chi connectivity index (χ0v) is 19.1. The van der Waals surface area contributed by atoms with Crippen molar-refractivity contribution in [2.75, 3.05) is 19.6 Å². The molecule has 178 valence electrons. The zero-order valence-electron chi connectivity index (χ0n) is 19.1. The number of piperidine rings is 1. The number of aryl methyl sites for hydroxylation is 2. The Morgan fingerprint density at radius 3 is 2.44 bits per heavy atom. The third kappa shape index (κ3) is 4.51. The van der Waals surface area contributed by atoms with Gasteiger partial charge in [-0.1, -0.05) is 18.2 Å². The first-order valence-electron chi connectivity index (χ1n) is 11.7. The van der Waals surface area contributed by atoms with E-state index in [9.17, 15) is 18.0 Å². The topological polar surface area (TPSA) is 51.0 Å². The molecule has 0 spiro atoms. The molecule has 2 aliphatic rings. The number of fused-ring (bicyclic) bond motifs is 1. The van der Waals surface area contributed by atoms with Crippen molar-refractivity contribution in [1.82, 2.24) is 19.4 Å². The molecule has 1 saturated carbocycles. The number of rotatable bonds is 7. The minimum Gasteiger partial charge on any atom is -0.302 e. The first-order chi connectivity index (χ1) is 16.2. The van der Waals surface area contributed by atoms with Crippen molar-refractivity contribution in [2.45, 2.75) is 44.3 Å². The van der Waals surface area contributed by atoms with E-state index in [4.69, 9.17) is 0 Å². The van der Waals surface area contributed by atoms with Crippen LogP contribution < -0.4 is 5.69 Å². The maximum atomic E-state index is 12.9. The highest BCUT2D eigenvalue weighted by Crippen LogP contribution is 2.59. The van der Waals surface area contributed by atoms with E-state index in [1.54, 1.807) is 22.9 Å². The summed E-state index contributed by atoms with van der Waals surface area (Å²) in [6.07, 6.45) is 0.342. The minimum atomic E-state index is -4.30. The Labute approximate surface area is 196 Å². The number of nitrogens with zero attached hydrogens (tertiary/aromatic N) is 4. The van der Waals surface area contributed by atoms with Crippen LogP contribution in [0.3, 0.4) is 0 Å². The van der Waals surface area contributed by atoms with E-state index < -0.39 is 11.7 Å². The molecule has 0 radical (unpaired) electrons. The number of hydrogen-bond donors (Lipinski definition) is 0. The van der Waals surface area contributed by atoms with Gasteiger partial charge in [0.15, 0.2) is 0 Å². The van der Waals surface area contributed by atoms with Crippen LogP contribution in [-0.4, -0.2) is 39.1 Å². The summed E-state index contributed by atoms with van der Waals surface area (Å²) < 4.78 is 40.2. The van der Waals surface area contributed by atoms with Crippen LogP contribution >= 0.6 is 0 Å². The average molecular weight is 469 g/mol. The lowest BCUT2D eigenvalue weighted by Crippen LogP contribution is -2.28. The van der Waals surface area contributed by atoms with Crippen molar-refractivity contribution in [1.29, 1.82) is 0 Å². The van der Waals surface area contributed by atoms with Gasteiger partial charge in [-0.25, -0.2) is 4.79 Å². The predicted octanol–water partition coefficient (Wildman–Crippen LogP) is 4.69. The van der Waals surface area contributed by atoms with Crippen LogP contribution in [0.1, 0.15) is 36.1 Å². The van der Waals surface area contributed by atoms with Crippen LogP contribution in [0, 0.1) is 12.8 Å². The predicted molar refractivity (Wildman–Crippen MR) is 123 cm³/mol. The Kier molecular flexibility index (Phi) is 5.80. The fourth-order valence-corrected chi connectivity index (χ4v) is 5.24. The zero-order chi connectivity index (χ0) is 23.9. The summed E-state index contributed by atoms with van der Waals surface area (Å²) in [7, 11) is 0. The van der Waals surface area contributed by atoms with E-state index in [-0.39, 0.29) is 11.1 Å². The molecule has 5 nitrogen and oxygen atoms in total. The van der Waals surface area contributed by atoms with E-state index in [0.717, 1.165) is 50.2 Å². The van der Waals surface area contributed by atoms with Crippen molar-refractivity contribution < 1.29 is 13.2 Å². The van der Waals surface area contributed by atoms with Gasteiger partial charge in [-0.3, -0.25) is 9.55 Å².